The van der Waals surface area contributed by atoms with E-state index in [0.717, 1.165) is 0 Å². The highest BCUT2D eigenvalue weighted by Crippen LogP contribution is 2.17. The smallest absolute Gasteiger partial charge is 0.331 e. The number of rotatable bonds is 4. The van der Waals surface area contributed by atoms with Gasteiger partial charge in [-0.1, -0.05) is 6.92 Å². The Balaban J connectivity index is 2.44. The predicted octanol–water partition coefficient (Wildman–Crippen LogP) is 0.262. The van der Waals surface area contributed by atoms with Gasteiger partial charge in [-0.2, -0.15) is 5.10 Å². The largest absolute Gasteiger partial charge is 0.494 e. The summed E-state index contributed by atoms with van der Waals surface area (Å²) in [5, 5.41) is 14.1. The Labute approximate surface area is 109 Å². The fourth-order valence-electron chi connectivity index (χ4n) is 2.06. The average molecular weight is 264 g/mol. The van der Waals surface area contributed by atoms with Crippen LogP contribution in [-0.4, -0.2) is 24.4 Å². The lowest BCUT2D eigenvalue weighted by molar-refractivity contribution is 0.339. The van der Waals surface area contributed by atoms with E-state index in [4.69, 9.17) is 0 Å². The van der Waals surface area contributed by atoms with Gasteiger partial charge in [-0.3, -0.25) is 19.0 Å². The molecule has 2 rings (SSSR count). The quantitative estimate of drug-likeness (QED) is 0.828. The van der Waals surface area contributed by atoms with Gasteiger partial charge in [-0.25, -0.2) is 4.79 Å². The molecule has 7 heteroatoms. The molecule has 0 aliphatic carbocycles. The Kier molecular flexibility index (Phi) is 3.55. The van der Waals surface area contributed by atoms with Crippen LogP contribution in [-0.2, 0) is 13.0 Å². The van der Waals surface area contributed by atoms with Gasteiger partial charge in [-0.15, -0.1) is 0 Å². The predicted molar refractivity (Wildman–Crippen MR) is 69.3 cm³/mol. The van der Waals surface area contributed by atoms with Crippen LogP contribution < -0.4 is 11.2 Å². The molecule has 0 saturated heterocycles. The summed E-state index contributed by atoms with van der Waals surface area (Å²) in [7, 11) is 0. The normalized spacial score (nSPS) is 12.5. The molecule has 19 heavy (non-hydrogen) atoms. The first kappa shape index (κ1) is 13.1. The monoisotopic (exact) mass is 264 g/mol. The van der Waals surface area contributed by atoms with Crippen molar-refractivity contribution in [2.75, 3.05) is 0 Å². The van der Waals surface area contributed by atoms with E-state index in [1.165, 1.54) is 4.57 Å². The number of hydrogen-bond acceptors (Lipinski definition) is 4. The van der Waals surface area contributed by atoms with Crippen LogP contribution in [0, 0.1) is 0 Å². The molecule has 2 aromatic heterocycles. The zero-order chi connectivity index (χ0) is 14.0. The molecular formula is C12H16N4O3. The van der Waals surface area contributed by atoms with Crippen LogP contribution in [0.5, 0.6) is 5.88 Å². The molecule has 0 bridgehead atoms. The van der Waals surface area contributed by atoms with E-state index in [0.29, 0.717) is 13.0 Å². The molecule has 0 radical (unpaired) electrons. The summed E-state index contributed by atoms with van der Waals surface area (Å²) in [6.07, 6.45) is 3.76. The third kappa shape index (κ3) is 2.44. The van der Waals surface area contributed by atoms with Crippen molar-refractivity contribution in [3.8, 4) is 5.88 Å². The standard InChI is InChI=1S/C12H16N4O3/c1-3-9-10(17)14-12(19)16(11(9)18)8(2)7-15-6-4-5-13-15/h4-6,8,18H,3,7H2,1-2H3,(H,14,17,19). The van der Waals surface area contributed by atoms with Crippen molar-refractivity contribution in [3.63, 3.8) is 0 Å². The second-order valence-corrected chi connectivity index (χ2v) is 4.36. The molecule has 0 fully saturated rings. The van der Waals surface area contributed by atoms with Gasteiger partial charge in [0.25, 0.3) is 5.56 Å². The number of aromatic hydroxyl groups is 1. The van der Waals surface area contributed by atoms with Crippen LogP contribution in [0.15, 0.2) is 28.0 Å². The van der Waals surface area contributed by atoms with Crippen molar-refractivity contribution in [2.24, 2.45) is 0 Å². The van der Waals surface area contributed by atoms with E-state index in [9.17, 15) is 14.7 Å². The maximum Gasteiger partial charge on any atom is 0.331 e. The van der Waals surface area contributed by atoms with E-state index in [-0.39, 0.29) is 17.5 Å². The third-order valence-corrected chi connectivity index (χ3v) is 3.02. The Hall–Kier alpha value is -2.31. The Bertz CT molecular complexity index is 669. The zero-order valence-corrected chi connectivity index (χ0v) is 10.8. The summed E-state index contributed by atoms with van der Waals surface area (Å²) in [6.45, 7) is 3.95. The maximum atomic E-state index is 11.8. The molecule has 102 valence electrons. The van der Waals surface area contributed by atoms with Crippen LogP contribution in [0.3, 0.4) is 0 Å². The summed E-state index contributed by atoms with van der Waals surface area (Å²) in [5.74, 6) is -0.268. The Morgan fingerprint density at radius 2 is 2.21 bits per heavy atom. The van der Waals surface area contributed by atoms with E-state index >= 15 is 0 Å². The van der Waals surface area contributed by atoms with Gasteiger partial charge in [0.15, 0.2) is 0 Å². The molecule has 2 aromatic rings. The SMILES string of the molecule is CCc1c(O)n(C(C)Cn2cccn2)c(=O)[nH]c1=O. The van der Waals surface area contributed by atoms with Crippen molar-refractivity contribution >= 4 is 0 Å². The highest BCUT2D eigenvalue weighted by Gasteiger charge is 2.17. The third-order valence-electron chi connectivity index (χ3n) is 3.02. The van der Waals surface area contributed by atoms with Gasteiger partial charge < -0.3 is 5.11 Å². The summed E-state index contributed by atoms with van der Waals surface area (Å²) < 4.78 is 2.84. The van der Waals surface area contributed by atoms with Crippen molar-refractivity contribution in [3.05, 3.63) is 44.9 Å². The molecule has 1 atom stereocenters. The summed E-state index contributed by atoms with van der Waals surface area (Å²) in [4.78, 5) is 25.6. The molecule has 0 spiro atoms. The van der Waals surface area contributed by atoms with Gasteiger partial charge in [0, 0.05) is 12.4 Å². The summed E-state index contributed by atoms with van der Waals surface area (Å²) in [5.41, 5.74) is -0.932. The average Bonchev–Trinajstić information content (AvgIpc) is 2.81. The van der Waals surface area contributed by atoms with Gasteiger partial charge in [0.1, 0.15) is 0 Å². The van der Waals surface area contributed by atoms with E-state index in [1.54, 1.807) is 37.0 Å². The van der Waals surface area contributed by atoms with E-state index in [1.807, 2.05) is 0 Å². The fraction of sp³-hybridized carbons (Fsp3) is 0.417. The van der Waals surface area contributed by atoms with Crippen molar-refractivity contribution in [1.29, 1.82) is 0 Å². The molecule has 0 aliphatic rings. The lowest BCUT2D eigenvalue weighted by Crippen LogP contribution is -2.35. The Morgan fingerprint density at radius 3 is 2.79 bits per heavy atom. The number of nitrogens with one attached hydrogen (secondary N) is 1. The van der Waals surface area contributed by atoms with Gasteiger partial charge in [0.2, 0.25) is 5.88 Å². The molecule has 7 nitrogen and oxygen atoms in total. The van der Waals surface area contributed by atoms with Crippen LogP contribution >= 0.6 is 0 Å². The minimum absolute atomic E-state index is 0.215. The number of hydrogen-bond donors (Lipinski definition) is 2. The van der Waals surface area contributed by atoms with Crippen molar-refractivity contribution < 1.29 is 5.11 Å². The highest BCUT2D eigenvalue weighted by atomic mass is 16.3. The molecule has 1 unspecified atom stereocenters. The van der Waals surface area contributed by atoms with Crippen LogP contribution in [0.4, 0.5) is 0 Å². The molecule has 0 aromatic carbocycles. The topological polar surface area (TPSA) is 92.9 Å². The number of H-pyrrole nitrogens is 1. The number of aromatic amines is 1. The maximum absolute atomic E-state index is 11.8. The van der Waals surface area contributed by atoms with Crippen LogP contribution in [0.2, 0.25) is 0 Å². The van der Waals surface area contributed by atoms with Crippen molar-refractivity contribution in [2.45, 2.75) is 32.9 Å². The first-order valence-electron chi connectivity index (χ1n) is 6.08. The highest BCUT2D eigenvalue weighted by molar-refractivity contribution is 5.22. The lowest BCUT2D eigenvalue weighted by atomic mass is 10.2. The van der Waals surface area contributed by atoms with E-state index < -0.39 is 11.2 Å². The van der Waals surface area contributed by atoms with Crippen LogP contribution in [0.25, 0.3) is 0 Å². The van der Waals surface area contributed by atoms with E-state index in [2.05, 4.69) is 10.1 Å². The number of aromatic nitrogens is 4. The van der Waals surface area contributed by atoms with Gasteiger partial charge >= 0.3 is 5.69 Å². The molecule has 0 amide bonds. The summed E-state index contributed by atoms with van der Waals surface area (Å²) >= 11 is 0. The van der Waals surface area contributed by atoms with Gasteiger partial charge in [0.05, 0.1) is 18.2 Å². The Morgan fingerprint density at radius 1 is 1.47 bits per heavy atom. The first-order chi connectivity index (χ1) is 9.04. The second-order valence-electron chi connectivity index (χ2n) is 4.36. The second kappa shape index (κ2) is 5.13. The minimum Gasteiger partial charge on any atom is -0.494 e. The van der Waals surface area contributed by atoms with Gasteiger partial charge in [-0.05, 0) is 19.4 Å². The first-order valence-corrected chi connectivity index (χ1v) is 6.08. The molecule has 2 N–H and O–H groups in total. The molecule has 0 aliphatic heterocycles. The van der Waals surface area contributed by atoms with Crippen molar-refractivity contribution in [1.82, 2.24) is 19.3 Å². The molecule has 0 saturated carbocycles. The molecule has 2 heterocycles. The minimum atomic E-state index is -0.612. The number of nitrogens with zero attached hydrogens (tertiary/aromatic N) is 3. The summed E-state index contributed by atoms with van der Waals surface area (Å²) in [6, 6.07) is 1.45. The zero-order valence-electron chi connectivity index (χ0n) is 10.8. The molecular weight excluding hydrogens is 248 g/mol. The fourth-order valence-corrected chi connectivity index (χ4v) is 2.06. The lowest BCUT2D eigenvalue weighted by Gasteiger charge is -2.17. The van der Waals surface area contributed by atoms with Crippen LogP contribution in [0.1, 0.15) is 25.5 Å².